The van der Waals surface area contributed by atoms with Crippen LogP contribution in [0.3, 0.4) is 0 Å². The Bertz CT molecular complexity index is 658. The van der Waals surface area contributed by atoms with Crippen LogP contribution in [0.25, 0.3) is 0 Å². The van der Waals surface area contributed by atoms with Crippen LogP contribution in [0.15, 0.2) is 0 Å². The second-order valence-electron chi connectivity index (χ2n) is 8.04. The van der Waals surface area contributed by atoms with Crippen LogP contribution in [-0.2, 0) is 24.4 Å². The van der Waals surface area contributed by atoms with Gasteiger partial charge in [-0.2, -0.15) is 26.0 Å². The lowest BCUT2D eigenvalue weighted by atomic mass is 9.49. The molecule has 0 radical (unpaired) electrons. The standard InChI is InChI=1S/C16H22F4O6S/c17-15(18,16(19,20)27(22,23)24)26-3-1-2-25-13(21)14-7-10-4-11(8-14)6-12(5-10)9-14/h10-12H,1-9H2,(H,22,23,24). The third-order valence-corrected chi connectivity index (χ3v) is 6.82. The first kappa shape index (κ1) is 20.8. The summed E-state index contributed by atoms with van der Waals surface area (Å²) in [5, 5.41) is -5.77. The van der Waals surface area contributed by atoms with Crippen molar-refractivity contribution in [1.29, 1.82) is 0 Å². The van der Waals surface area contributed by atoms with Crippen molar-refractivity contribution in [2.45, 2.75) is 56.3 Å². The Labute approximate surface area is 154 Å². The van der Waals surface area contributed by atoms with E-state index in [1.165, 1.54) is 0 Å². The number of rotatable bonds is 8. The van der Waals surface area contributed by atoms with Crippen molar-refractivity contribution < 1.29 is 44.8 Å². The topological polar surface area (TPSA) is 89.9 Å². The van der Waals surface area contributed by atoms with Gasteiger partial charge in [-0.05, 0) is 56.3 Å². The van der Waals surface area contributed by atoms with Crippen molar-refractivity contribution in [3.8, 4) is 0 Å². The summed E-state index contributed by atoms with van der Waals surface area (Å²) < 4.78 is 90.0. The first-order chi connectivity index (χ1) is 12.4. The quantitative estimate of drug-likeness (QED) is 0.282. The van der Waals surface area contributed by atoms with Gasteiger partial charge in [0.2, 0.25) is 0 Å². The summed E-state index contributed by atoms with van der Waals surface area (Å²) >= 11 is 0. The lowest BCUT2D eigenvalue weighted by Crippen LogP contribution is -2.50. The van der Waals surface area contributed by atoms with Crippen LogP contribution in [0.4, 0.5) is 17.6 Å². The highest BCUT2D eigenvalue weighted by Gasteiger charge is 2.67. The molecule has 27 heavy (non-hydrogen) atoms. The van der Waals surface area contributed by atoms with E-state index in [1.807, 2.05) is 0 Å². The molecule has 0 unspecified atom stereocenters. The fourth-order valence-corrected chi connectivity index (χ4v) is 5.53. The summed E-state index contributed by atoms with van der Waals surface area (Å²) in [6, 6.07) is 0. The van der Waals surface area contributed by atoms with E-state index in [-0.39, 0.29) is 19.0 Å². The first-order valence-corrected chi connectivity index (χ1v) is 10.3. The Kier molecular flexibility index (Phi) is 5.26. The summed E-state index contributed by atoms with van der Waals surface area (Å²) in [6.07, 6.45) is 0.0129. The molecule has 0 atom stereocenters. The minimum Gasteiger partial charge on any atom is -0.465 e. The van der Waals surface area contributed by atoms with E-state index in [0.29, 0.717) is 17.8 Å². The maximum absolute atomic E-state index is 13.2. The van der Waals surface area contributed by atoms with Crippen molar-refractivity contribution in [3.63, 3.8) is 0 Å². The van der Waals surface area contributed by atoms with Crippen LogP contribution in [0.2, 0.25) is 0 Å². The molecule has 0 saturated heterocycles. The molecule has 4 fully saturated rings. The molecule has 6 nitrogen and oxygen atoms in total. The van der Waals surface area contributed by atoms with Gasteiger partial charge >= 0.3 is 27.5 Å². The zero-order valence-electron chi connectivity index (χ0n) is 14.5. The van der Waals surface area contributed by atoms with E-state index in [1.54, 1.807) is 0 Å². The summed E-state index contributed by atoms with van der Waals surface area (Å²) in [7, 11) is -6.34. The fourth-order valence-electron chi connectivity index (χ4n) is 5.17. The van der Waals surface area contributed by atoms with E-state index in [2.05, 4.69) is 4.74 Å². The van der Waals surface area contributed by atoms with Crippen LogP contribution in [0.5, 0.6) is 0 Å². The van der Waals surface area contributed by atoms with Crippen molar-refractivity contribution in [2.75, 3.05) is 13.2 Å². The van der Waals surface area contributed by atoms with Gasteiger partial charge in [0, 0.05) is 6.42 Å². The van der Waals surface area contributed by atoms with Crippen LogP contribution >= 0.6 is 0 Å². The number of halogens is 4. The number of ether oxygens (including phenoxy) is 2. The van der Waals surface area contributed by atoms with Crippen molar-refractivity contribution in [1.82, 2.24) is 0 Å². The van der Waals surface area contributed by atoms with Crippen molar-refractivity contribution >= 4 is 16.1 Å². The van der Waals surface area contributed by atoms with Gasteiger partial charge in [0.25, 0.3) is 0 Å². The van der Waals surface area contributed by atoms with Gasteiger partial charge in [0.1, 0.15) is 0 Å². The molecule has 1 N–H and O–H groups in total. The molecule has 0 heterocycles. The second-order valence-corrected chi connectivity index (χ2v) is 9.51. The Balaban J connectivity index is 1.45. The molecule has 0 aromatic heterocycles. The maximum atomic E-state index is 13.2. The molecule has 4 saturated carbocycles. The number of alkyl halides is 4. The third-order valence-electron chi connectivity index (χ3n) is 5.94. The zero-order valence-corrected chi connectivity index (χ0v) is 15.3. The van der Waals surface area contributed by atoms with E-state index in [0.717, 1.165) is 38.5 Å². The van der Waals surface area contributed by atoms with E-state index in [9.17, 15) is 30.8 Å². The van der Waals surface area contributed by atoms with Gasteiger partial charge in [-0.15, -0.1) is 0 Å². The number of carbonyl (C=O) groups excluding carboxylic acids is 1. The van der Waals surface area contributed by atoms with Crippen LogP contribution in [-0.4, -0.2) is 43.5 Å². The fraction of sp³-hybridized carbons (Fsp3) is 0.938. The summed E-state index contributed by atoms with van der Waals surface area (Å²) in [5.74, 6) is 1.19. The molecule has 4 bridgehead atoms. The Morgan fingerprint density at radius 3 is 1.93 bits per heavy atom. The molecule has 4 aliphatic carbocycles. The molecule has 0 aliphatic heterocycles. The van der Waals surface area contributed by atoms with Gasteiger partial charge in [0.15, 0.2) is 0 Å². The lowest BCUT2D eigenvalue weighted by molar-refractivity contribution is -0.318. The number of esters is 1. The van der Waals surface area contributed by atoms with Gasteiger partial charge in [-0.3, -0.25) is 9.35 Å². The second kappa shape index (κ2) is 6.84. The van der Waals surface area contributed by atoms with Crippen molar-refractivity contribution in [3.05, 3.63) is 0 Å². The predicted octanol–water partition coefficient (Wildman–Crippen LogP) is 3.23. The van der Waals surface area contributed by atoms with Gasteiger partial charge in [-0.25, -0.2) is 0 Å². The molecule has 0 aromatic rings. The smallest absolute Gasteiger partial charge is 0.459 e. The number of hydrogen-bond donors (Lipinski definition) is 1. The number of carbonyl (C=O) groups is 1. The average molecular weight is 418 g/mol. The van der Waals surface area contributed by atoms with Crippen LogP contribution in [0, 0.1) is 23.2 Å². The highest BCUT2D eigenvalue weighted by Crippen LogP contribution is 2.60. The molecule has 0 spiro atoms. The Hall–Kier alpha value is -0.940. The maximum Gasteiger partial charge on any atom is 0.459 e. The molecule has 11 heteroatoms. The molecule has 4 rings (SSSR count). The number of hydrogen-bond acceptors (Lipinski definition) is 5. The minimum atomic E-state index is -6.34. The molecule has 156 valence electrons. The summed E-state index contributed by atoms with van der Waals surface area (Å²) in [6.45, 7) is -1.26. The third kappa shape index (κ3) is 3.82. The molecule has 0 aromatic carbocycles. The minimum absolute atomic E-state index is 0.298. The molecule has 4 aliphatic rings. The van der Waals surface area contributed by atoms with Gasteiger partial charge in [-0.1, -0.05) is 0 Å². The highest BCUT2D eigenvalue weighted by atomic mass is 32.2. The molecular formula is C16H22F4O6S. The first-order valence-electron chi connectivity index (χ1n) is 8.90. The van der Waals surface area contributed by atoms with Crippen LogP contribution < -0.4 is 0 Å². The van der Waals surface area contributed by atoms with Gasteiger partial charge < -0.3 is 9.47 Å². The predicted molar refractivity (Wildman–Crippen MR) is 83.6 cm³/mol. The average Bonchev–Trinajstić information content (AvgIpc) is 2.51. The van der Waals surface area contributed by atoms with Gasteiger partial charge in [0.05, 0.1) is 18.6 Å². The van der Waals surface area contributed by atoms with E-state index in [4.69, 9.17) is 9.29 Å². The SMILES string of the molecule is O=C(OCCCOC(F)(F)C(F)(F)S(=O)(=O)O)C12CC3CC(CC(C3)C1)C2. The van der Waals surface area contributed by atoms with E-state index < -0.39 is 33.5 Å². The molecular weight excluding hydrogens is 396 g/mol. The summed E-state index contributed by atoms with van der Waals surface area (Å²) in [5.41, 5.74) is -0.516. The largest absolute Gasteiger partial charge is 0.465 e. The normalized spacial score (nSPS) is 33.3. The monoisotopic (exact) mass is 418 g/mol. The lowest BCUT2D eigenvalue weighted by Gasteiger charge is -2.55. The Morgan fingerprint density at radius 1 is 1.00 bits per heavy atom. The van der Waals surface area contributed by atoms with Crippen molar-refractivity contribution in [2.24, 2.45) is 23.2 Å². The molecule has 0 amide bonds. The van der Waals surface area contributed by atoms with E-state index >= 15 is 0 Å². The summed E-state index contributed by atoms with van der Waals surface area (Å²) in [4.78, 5) is 12.5. The zero-order chi connectivity index (χ0) is 20.1. The highest BCUT2D eigenvalue weighted by molar-refractivity contribution is 7.86. The Morgan fingerprint density at radius 2 is 1.48 bits per heavy atom. The van der Waals surface area contributed by atoms with Crippen LogP contribution in [0.1, 0.15) is 44.9 Å².